The van der Waals surface area contributed by atoms with E-state index in [1.54, 1.807) is 68.7 Å². The third-order valence-electron chi connectivity index (χ3n) is 8.77. The first-order valence-electron chi connectivity index (χ1n) is 16.7. The summed E-state index contributed by atoms with van der Waals surface area (Å²) in [5, 5.41) is 14.5. The molecule has 3 aromatic carbocycles. The molecule has 0 fully saturated rings. The molecular formula is C39H37ClN6O5. The molecule has 3 heterocycles. The number of ether oxygens (including phenoxy) is 1. The summed E-state index contributed by atoms with van der Waals surface area (Å²) in [7, 11) is 0. The van der Waals surface area contributed by atoms with E-state index >= 15 is 0 Å². The van der Waals surface area contributed by atoms with Crippen LogP contribution in [-0.2, 0) is 19.1 Å². The lowest BCUT2D eigenvalue weighted by atomic mass is 9.74. The number of carbonyl (C=O) groups is 3. The molecule has 5 aromatic rings. The van der Waals surface area contributed by atoms with Crippen LogP contribution in [0.1, 0.15) is 56.5 Å². The van der Waals surface area contributed by atoms with Crippen molar-refractivity contribution < 1.29 is 24.3 Å². The first-order valence-corrected chi connectivity index (χ1v) is 17.0. The molecule has 260 valence electrons. The maximum Gasteiger partial charge on any atom is 0.336 e. The van der Waals surface area contributed by atoms with E-state index in [9.17, 15) is 19.6 Å². The number of aromatic nitrogens is 3. The third-order valence-corrected chi connectivity index (χ3v) is 9.11. The molecule has 2 unspecified atom stereocenters. The number of rotatable bonds is 10. The number of nitrogens with one attached hydrogen (secondary N) is 1. The molecule has 0 radical (unpaired) electrons. The Hall–Kier alpha value is -5.65. The highest BCUT2D eigenvalue weighted by Gasteiger charge is 2.43. The van der Waals surface area contributed by atoms with Gasteiger partial charge in [0.25, 0.3) is 5.91 Å². The first-order chi connectivity index (χ1) is 24.6. The van der Waals surface area contributed by atoms with Gasteiger partial charge >= 0.3 is 5.97 Å². The average molecular weight is 705 g/mol. The molecule has 51 heavy (non-hydrogen) atoms. The van der Waals surface area contributed by atoms with E-state index < -0.39 is 29.6 Å². The quantitative estimate of drug-likeness (QED) is 0.0863. The molecule has 1 aliphatic rings. The molecule has 2 atom stereocenters. The Morgan fingerprint density at radius 2 is 1.71 bits per heavy atom. The van der Waals surface area contributed by atoms with Crippen LogP contribution in [-0.4, -0.2) is 49.8 Å². The van der Waals surface area contributed by atoms with E-state index in [0.717, 1.165) is 22.5 Å². The standard InChI is InChI=1S/C39H37ClN6O5/c1-5-11-33(47)46(50)32-15-10-9-14-29(32)44-38(48)34-23(3)42-37(36(39(49)51-6-2)35(34)27-12-7-8-13-28(27)40)25-16-18-26(19-17-25)45-24(4)43-30-22-41-21-20-31(30)45/h7-10,12-22,34-35,50H,5-6,11H2,1-4H3,(H,44,48). The van der Waals surface area contributed by atoms with Crippen molar-refractivity contribution in [2.45, 2.75) is 46.5 Å². The Balaban J connectivity index is 1.46. The van der Waals surface area contributed by atoms with Crippen molar-refractivity contribution in [2.24, 2.45) is 10.9 Å². The zero-order valence-corrected chi connectivity index (χ0v) is 29.4. The molecule has 2 N–H and O–H groups in total. The normalized spacial score (nSPS) is 15.8. The Bertz CT molecular complexity index is 2190. The highest BCUT2D eigenvalue weighted by Crippen LogP contribution is 2.45. The number of amides is 2. The zero-order chi connectivity index (χ0) is 36.2. The van der Waals surface area contributed by atoms with Gasteiger partial charge in [0.05, 0.1) is 46.9 Å². The highest BCUT2D eigenvalue weighted by atomic mass is 35.5. The topological polar surface area (TPSA) is 139 Å². The van der Waals surface area contributed by atoms with Gasteiger partial charge in [-0.25, -0.2) is 9.78 Å². The molecule has 0 saturated carbocycles. The van der Waals surface area contributed by atoms with Gasteiger partial charge in [-0.2, -0.15) is 5.06 Å². The summed E-state index contributed by atoms with van der Waals surface area (Å²) >= 11 is 6.81. The Labute approximate surface area is 300 Å². The second kappa shape index (κ2) is 15.1. The Morgan fingerprint density at radius 1 is 0.980 bits per heavy atom. The smallest absolute Gasteiger partial charge is 0.336 e. The predicted molar refractivity (Wildman–Crippen MR) is 197 cm³/mol. The minimum absolute atomic E-state index is 0.0939. The lowest BCUT2D eigenvalue weighted by molar-refractivity contribution is -0.139. The molecule has 0 saturated heterocycles. The lowest BCUT2D eigenvalue weighted by Crippen LogP contribution is -2.39. The van der Waals surface area contributed by atoms with E-state index in [1.165, 1.54) is 6.07 Å². The van der Waals surface area contributed by atoms with Crippen LogP contribution in [0.5, 0.6) is 0 Å². The van der Waals surface area contributed by atoms with E-state index in [1.807, 2.05) is 48.7 Å². The number of para-hydroxylation sites is 2. The van der Waals surface area contributed by atoms with Crippen LogP contribution >= 0.6 is 11.6 Å². The fourth-order valence-electron chi connectivity index (χ4n) is 6.49. The maximum absolute atomic E-state index is 14.4. The van der Waals surface area contributed by atoms with E-state index in [-0.39, 0.29) is 30.0 Å². The van der Waals surface area contributed by atoms with Gasteiger partial charge in [0.2, 0.25) is 5.91 Å². The molecule has 1 aliphatic heterocycles. The Kier molecular flexibility index (Phi) is 10.4. The van der Waals surface area contributed by atoms with Crippen LogP contribution in [0.3, 0.4) is 0 Å². The van der Waals surface area contributed by atoms with Crippen LogP contribution in [0.2, 0.25) is 5.02 Å². The first kappa shape index (κ1) is 35.2. The van der Waals surface area contributed by atoms with Crippen molar-refractivity contribution in [1.29, 1.82) is 0 Å². The fourth-order valence-corrected chi connectivity index (χ4v) is 6.75. The number of pyridine rings is 1. The molecule has 2 aromatic heterocycles. The van der Waals surface area contributed by atoms with Gasteiger partial charge in [-0.1, -0.05) is 61.0 Å². The van der Waals surface area contributed by atoms with E-state index in [0.29, 0.717) is 39.0 Å². The molecular weight excluding hydrogens is 668 g/mol. The predicted octanol–water partition coefficient (Wildman–Crippen LogP) is 7.69. The highest BCUT2D eigenvalue weighted by molar-refractivity contribution is 6.31. The minimum Gasteiger partial charge on any atom is -0.463 e. The van der Waals surface area contributed by atoms with Crippen molar-refractivity contribution in [2.75, 3.05) is 17.0 Å². The number of benzene rings is 3. The number of hydrogen-bond acceptors (Lipinski definition) is 8. The van der Waals surface area contributed by atoms with Gasteiger partial charge in [-0.3, -0.25) is 29.3 Å². The van der Waals surface area contributed by atoms with Gasteiger partial charge < -0.3 is 10.1 Å². The molecule has 0 bridgehead atoms. The number of hydroxylamine groups is 1. The summed E-state index contributed by atoms with van der Waals surface area (Å²) in [6.45, 7) is 7.29. The van der Waals surface area contributed by atoms with Crippen molar-refractivity contribution in [3.63, 3.8) is 0 Å². The number of carbonyl (C=O) groups excluding carboxylic acids is 3. The molecule has 0 aliphatic carbocycles. The number of nitrogens with zero attached hydrogens (tertiary/aromatic N) is 5. The molecule has 11 nitrogen and oxygen atoms in total. The van der Waals surface area contributed by atoms with Gasteiger partial charge in [-0.05, 0) is 69.2 Å². The molecule has 12 heteroatoms. The van der Waals surface area contributed by atoms with Crippen LogP contribution < -0.4 is 10.4 Å². The van der Waals surface area contributed by atoms with Crippen molar-refractivity contribution in [3.8, 4) is 5.69 Å². The SMILES string of the molecule is CCCC(=O)N(O)c1ccccc1NC(=O)C1C(C)=NC(c2ccc(-n3c(C)nc4cnccc43)cc2)=C(C(=O)OCC)C1c1ccccc1Cl. The van der Waals surface area contributed by atoms with E-state index in [4.69, 9.17) is 21.3 Å². The largest absolute Gasteiger partial charge is 0.463 e. The maximum atomic E-state index is 14.4. The summed E-state index contributed by atoms with van der Waals surface area (Å²) < 4.78 is 7.64. The fraction of sp³-hybridized carbons (Fsp3) is 0.231. The second-order valence-electron chi connectivity index (χ2n) is 12.1. The summed E-state index contributed by atoms with van der Waals surface area (Å²) in [5.74, 6) is -2.80. The number of aliphatic imine (C=N–C) groups is 1. The van der Waals surface area contributed by atoms with Crippen LogP contribution in [0.25, 0.3) is 22.4 Å². The third kappa shape index (κ3) is 6.90. The number of anilines is 2. The summed E-state index contributed by atoms with van der Waals surface area (Å²) in [4.78, 5) is 54.7. The summed E-state index contributed by atoms with van der Waals surface area (Å²) in [6.07, 6.45) is 4.09. The molecule has 6 rings (SSSR count). The van der Waals surface area contributed by atoms with Gasteiger partial charge in [0.15, 0.2) is 0 Å². The van der Waals surface area contributed by atoms with Crippen LogP contribution in [0, 0.1) is 12.8 Å². The van der Waals surface area contributed by atoms with E-state index in [2.05, 4.69) is 15.3 Å². The number of imidazole rings is 1. The van der Waals surface area contributed by atoms with Crippen LogP contribution in [0.15, 0.2) is 102 Å². The summed E-state index contributed by atoms with van der Waals surface area (Å²) in [5.41, 5.74) is 4.98. The number of halogens is 1. The van der Waals surface area contributed by atoms with Gasteiger partial charge in [-0.15, -0.1) is 0 Å². The lowest BCUT2D eigenvalue weighted by Gasteiger charge is -2.33. The average Bonchev–Trinajstić information content (AvgIpc) is 3.47. The number of esters is 1. The van der Waals surface area contributed by atoms with Gasteiger partial charge in [0, 0.05) is 40.5 Å². The molecule has 2 amide bonds. The number of aryl methyl sites for hydroxylation is 1. The zero-order valence-electron chi connectivity index (χ0n) is 28.6. The Morgan fingerprint density at radius 3 is 2.43 bits per heavy atom. The van der Waals surface area contributed by atoms with Crippen molar-refractivity contribution in [3.05, 3.63) is 119 Å². The van der Waals surface area contributed by atoms with Crippen LogP contribution in [0.4, 0.5) is 11.4 Å². The molecule has 0 spiro atoms. The number of fused-ring (bicyclic) bond motifs is 1. The second-order valence-corrected chi connectivity index (χ2v) is 12.5. The van der Waals surface area contributed by atoms with Crippen molar-refractivity contribution in [1.82, 2.24) is 14.5 Å². The van der Waals surface area contributed by atoms with Gasteiger partial charge in [0.1, 0.15) is 11.3 Å². The van der Waals surface area contributed by atoms with Crippen molar-refractivity contribution >= 4 is 63.2 Å². The summed E-state index contributed by atoms with van der Waals surface area (Å²) in [6, 6.07) is 23.0. The number of hydrogen-bond donors (Lipinski definition) is 2. The monoisotopic (exact) mass is 704 g/mol. The minimum atomic E-state index is -1.02.